The number of rotatable bonds is 37. The first-order valence-electron chi connectivity index (χ1n) is 30.8. The van der Waals surface area contributed by atoms with Crippen LogP contribution in [0.5, 0.6) is 0 Å². The van der Waals surface area contributed by atoms with E-state index in [0.29, 0.717) is 19.5 Å². The summed E-state index contributed by atoms with van der Waals surface area (Å²) in [7, 11) is 3.77. The Hall–Kier alpha value is -6.01. The van der Waals surface area contributed by atoms with Crippen molar-refractivity contribution in [3.63, 3.8) is 0 Å². The van der Waals surface area contributed by atoms with Crippen molar-refractivity contribution in [2.75, 3.05) is 33.7 Å². The summed E-state index contributed by atoms with van der Waals surface area (Å²) in [6.45, 7) is 31.1. The van der Waals surface area contributed by atoms with Gasteiger partial charge in [0.15, 0.2) is 0 Å². The topological polar surface area (TPSA) is 343 Å². The summed E-state index contributed by atoms with van der Waals surface area (Å²) >= 11 is 0. The van der Waals surface area contributed by atoms with E-state index < -0.39 is 118 Å². The van der Waals surface area contributed by atoms with Gasteiger partial charge in [0.1, 0.15) is 52.6 Å². The van der Waals surface area contributed by atoms with Crippen LogP contribution in [0.1, 0.15) is 182 Å². The van der Waals surface area contributed by atoms with E-state index in [0.717, 1.165) is 6.42 Å². The van der Waals surface area contributed by atoms with Gasteiger partial charge in [0.05, 0.1) is 12.2 Å². The molecule has 0 aromatic rings. The van der Waals surface area contributed by atoms with E-state index >= 15 is 0 Å². The second-order valence-corrected chi connectivity index (χ2v) is 27.1. The van der Waals surface area contributed by atoms with E-state index in [-0.39, 0.29) is 98.8 Å². The molecular formula is C62H111N11O13. The van der Waals surface area contributed by atoms with Crippen molar-refractivity contribution in [2.24, 2.45) is 35.5 Å². The number of likely N-dealkylation sites (N-methyl/N-ethyl adjacent to an activating group) is 1. The average molecular weight is 1220 g/mol. The fourth-order valence-corrected chi connectivity index (χ4v) is 9.77. The van der Waals surface area contributed by atoms with Crippen LogP contribution < -0.4 is 47.9 Å². The van der Waals surface area contributed by atoms with Gasteiger partial charge >= 0.3 is 0 Å². The van der Waals surface area contributed by atoms with E-state index in [1.165, 1.54) is 52.5 Å². The number of nitrogens with one attached hydrogen (secondary N) is 9. The molecule has 1 saturated heterocycles. The van der Waals surface area contributed by atoms with Crippen LogP contribution in [-0.4, -0.2) is 184 Å². The number of allylic oxidation sites excluding steroid dienone is 1. The van der Waals surface area contributed by atoms with Gasteiger partial charge in [0.25, 0.3) is 0 Å². The molecule has 24 heteroatoms. The van der Waals surface area contributed by atoms with E-state index in [9.17, 15) is 63.0 Å². The number of hydrogen-bond acceptors (Lipinski definition) is 14. The molecule has 492 valence electrons. The van der Waals surface area contributed by atoms with E-state index in [1.54, 1.807) is 33.8 Å². The molecule has 1 fully saturated rings. The van der Waals surface area contributed by atoms with E-state index in [2.05, 4.69) is 47.9 Å². The summed E-state index contributed by atoms with van der Waals surface area (Å²) in [6, 6.07) is -6.61. The molecule has 1 aliphatic heterocycles. The molecular weight excluding hydrogens is 1110 g/mol. The smallest absolute Gasteiger partial charge is 0.246 e. The van der Waals surface area contributed by atoms with Gasteiger partial charge in [0, 0.05) is 44.9 Å². The van der Waals surface area contributed by atoms with Crippen LogP contribution in [-0.2, 0) is 52.7 Å². The maximum absolute atomic E-state index is 14.6. The van der Waals surface area contributed by atoms with Gasteiger partial charge in [-0.05, 0) is 136 Å². The Morgan fingerprint density at radius 1 is 0.628 bits per heavy atom. The van der Waals surface area contributed by atoms with Gasteiger partial charge in [-0.1, -0.05) is 88.7 Å². The molecule has 10 amide bonds. The number of Topliss-reactive ketones (excluding diaryl/α,β-unsaturated/α-hetero) is 1. The SMILES string of the molecule is CCC(=O)CC(O)C[C@@H](C)C[C@@H](NC(=O)[C@@H]1C[C@H](C)CN1C(=O)/C=C/[C@H](C)CC)C(=O)N[C@H](C(=O)NC(C)(C)C(=O)N[C@@H](CC(C)C)C(=O)N[C@H](CC(C)C)C(=O)NC(C)(C)C(=O)NC(C)(C)C(=O)NCCC(=O)N[C@@H](C)CN(C)C)[C@H](O)C(C)C. The normalized spacial score (nSPS) is 18.0. The quantitative estimate of drug-likeness (QED) is 0.0398. The lowest BCUT2D eigenvalue weighted by molar-refractivity contribution is -0.140. The number of amides is 10. The van der Waals surface area contributed by atoms with Gasteiger partial charge in [-0.3, -0.25) is 52.7 Å². The number of aliphatic hydroxyl groups is 2. The van der Waals surface area contributed by atoms with Gasteiger partial charge < -0.3 is 67.9 Å². The number of ketones is 1. The summed E-state index contributed by atoms with van der Waals surface area (Å²) in [5.41, 5.74) is -4.93. The predicted molar refractivity (Wildman–Crippen MR) is 330 cm³/mol. The third kappa shape index (κ3) is 27.4. The highest BCUT2D eigenvalue weighted by Gasteiger charge is 2.43. The lowest BCUT2D eigenvalue weighted by Crippen LogP contribution is -2.66. The maximum atomic E-state index is 14.6. The largest absolute Gasteiger partial charge is 0.393 e. The molecule has 0 bridgehead atoms. The number of carbonyl (C=O) groups excluding carboxylic acids is 11. The van der Waals surface area contributed by atoms with Crippen LogP contribution in [0.4, 0.5) is 0 Å². The number of carbonyl (C=O) groups is 11. The van der Waals surface area contributed by atoms with Crippen molar-refractivity contribution in [1.29, 1.82) is 0 Å². The van der Waals surface area contributed by atoms with Crippen molar-refractivity contribution >= 4 is 64.9 Å². The second kappa shape index (κ2) is 35.7. The molecule has 0 saturated carbocycles. The molecule has 0 aliphatic carbocycles. The first-order valence-corrected chi connectivity index (χ1v) is 30.8. The zero-order chi connectivity index (χ0) is 66.4. The summed E-state index contributed by atoms with van der Waals surface area (Å²) in [4.78, 5) is 154. The predicted octanol–water partition coefficient (Wildman–Crippen LogP) is 2.28. The number of hydrogen-bond donors (Lipinski definition) is 11. The van der Waals surface area contributed by atoms with E-state index in [4.69, 9.17) is 0 Å². The molecule has 0 spiro atoms. The molecule has 0 radical (unpaired) electrons. The van der Waals surface area contributed by atoms with Crippen LogP contribution in [0.25, 0.3) is 0 Å². The van der Waals surface area contributed by atoms with Crippen molar-refractivity contribution < 1.29 is 63.0 Å². The molecule has 1 unspecified atom stereocenters. The van der Waals surface area contributed by atoms with Crippen LogP contribution >= 0.6 is 0 Å². The van der Waals surface area contributed by atoms with Crippen LogP contribution in [0.3, 0.4) is 0 Å². The first-order chi connectivity index (χ1) is 39.6. The highest BCUT2D eigenvalue weighted by molar-refractivity contribution is 6.00. The monoisotopic (exact) mass is 1220 g/mol. The zero-order valence-electron chi connectivity index (χ0n) is 55.5. The fourth-order valence-electron chi connectivity index (χ4n) is 9.77. The Morgan fingerprint density at radius 2 is 1.15 bits per heavy atom. The molecule has 0 aromatic heterocycles. The Balaban J connectivity index is 3.44. The minimum Gasteiger partial charge on any atom is -0.393 e. The van der Waals surface area contributed by atoms with Crippen LogP contribution in [0.2, 0.25) is 0 Å². The number of nitrogens with zero attached hydrogens (tertiary/aromatic N) is 2. The average Bonchev–Trinajstić information content (AvgIpc) is 3.94. The molecule has 86 heavy (non-hydrogen) atoms. The van der Waals surface area contributed by atoms with Gasteiger partial charge in [-0.25, -0.2) is 0 Å². The Kier molecular flexibility index (Phi) is 32.4. The third-order valence-electron chi connectivity index (χ3n) is 15.1. The molecule has 1 heterocycles. The molecule has 11 N–H and O–H groups in total. The first kappa shape index (κ1) is 78.0. The van der Waals surface area contributed by atoms with Crippen molar-refractivity contribution in [3.05, 3.63) is 12.2 Å². The van der Waals surface area contributed by atoms with E-state index in [1.807, 2.05) is 74.4 Å². The van der Waals surface area contributed by atoms with Gasteiger partial charge in [-0.2, -0.15) is 0 Å². The summed E-state index contributed by atoms with van der Waals surface area (Å²) in [5.74, 6) is -8.25. The van der Waals surface area contributed by atoms with Gasteiger partial charge in [-0.15, -0.1) is 0 Å². The molecule has 1 aliphatic rings. The van der Waals surface area contributed by atoms with Crippen LogP contribution in [0, 0.1) is 35.5 Å². The minimum atomic E-state index is -1.82. The third-order valence-corrected chi connectivity index (χ3v) is 15.1. The lowest BCUT2D eigenvalue weighted by atomic mass is 9.92. The highest BCUT2D eigenvalue weighted by atomic mass is 16.3. The van der Waals surface area contributed by atoms with Gasteiger partial charge in [0.2, 0.25) is 59.1 Å². The fraction of sp³-hybridized carbons (Fsp3) is 0.790. The zero-order valence-corrected chi connectivity index (χ0v) is 55.5. The molecule has 1 rings (SSSR count). The number of aliphatic hydroxyl groups excluding tert-OH is 2. The summed E-state index contributed by atoms with van der Waals surface area (Å²) in [5, 5.41) is 46.7. The minimum absolute atomic E-state index is 0.00837. The van der Waals surface area contributed by atoms with Crippen molar-refractivity contribution in [2.45, 2.75) is 247 Å². The lowest BCUT2D eigenvalue weighted by Gasteiger charge is -2.34. The molecule has 24 nitrogen and oxygen atoms in total. The standard InChI is InChI=1S/C62H111N11O13/c1-21-38(9)23-24-49(77)73-33-40(11)31-47(73)55(82)66-46(30-39(10)29-43(75)32-42(74)22-2)53(80)68-50(51(78)37(7)8)56(83)70-61(15,16)58(85)67-44(27-35(3)4)52(79)65-45(28-36(5)6)54(81)69-62(17,18)59(86)71-60(13,14)57(84)63-26-25-48(76)64-41(12)34-72(19)20/h23-24,35-41,43-47,50-51,75,78H,21-22,25-34H2,1-20H3,(H,63,84)(H,64,76)(H,65,79)(H,66,82)(H,67,85)(H,68,80)(H,69,81)(H,70,83)(H,71,86)/b24-23+/t38-,39-,40+,41+,43?,44+,45-,46-,47+,50+,51-/m1/s1. The second-order valence-electron chi connectivity index (χ2n) is 27.1. The number of likely N-dealkylation sites (tertiary alicyclic amines) is 1. The van der Waals surface area contributed by atoms with Crippen molar-refractivity contribution in [1.82, 2.24) is 57.7 Å². The van der Waals surface area contributed by atoms with Crippen molar-refractivity contribution in [3.8, 4) is 0 Å². The Morgan fingerprint density at radius 3 is 1.69 bits per heavy atom. The summed E-state index contributed by atoms with van der Waals surface area (Å²) < 4.78 is 0. The molecule has 0 aromatic carbocycles. The van der Waals surface area contributed by atoms with Crippen LogP contribution in [0.15, 0.2) is 12.2 Å². The Bertz CT molecular complexity index is 2340. The maximum Gasteiger partial charge on any atom is 0.246 e. The Labute approximate surface area is 512 Å². The highest BCUT2D eigenvalue weighted by Crippen LogP contribution is 2.25. The molecule has 11 atom stereocenters. The summed E-state index contributed by atoms with van der Waals surface area (Å²) in [6.07, 6.45) is 2.07.